The smallest absolute Gasteiger partial charge is 0.0613 e. The zero-order valence-corrected chi connectivity index (χ0v) is 12.2. The Kier molecular flexibility index (Phi) is 8.89. The normalized spacial score (nSPS) is 14.3. The molecule has 0 heterocycles. The van der Waals surface area contributed by atoms with Crippen molar-refractivity contribution in [3.63, 3.8) is 0 Å². The van der Waals surface area contributed by atoms with Crippen LogP contribution in [0.1, 0.15) is 72.6 Å². The van der Waals surface area contributed by atoms with Crippen LogP contribution in [-0.2, 0) is 0 Å². The van der Waals surface area contributed by atoms with E-state index in [1.54, 1.807) is 0 Å². The SMILES string of the molecule is CC(C)CCCCCCCC(O)C(C)(C)CO. The highest BCUT2D eigenvalue weighted by Gasteiger charge is 2.26. The molecule has 2 nitrogen and oxygen atoms in total. The first-order chi connectivity index (χ1) is 7.90. The van der Waals surface area contributed by atoms with Gasteiger partial charge in [-0.15, -0.1) is 0 Å². The van der Waals surface area contributed by atoms with E-state index < -0.39 is 0 Å². The third-order valence-corrected chi connectivity index (χ3v) is 3.57. The fraction of sp³-hybridized carbons (Fsp3) is 1.00. The van der Waals surface area contributed by atoms with E-state index in [9.17, 15) is 5.11 Å². The number of aliphatic hydroxyl groups excluding tert-OH is 2. The summed E-state index contributed by atoms with van der Waals surface area (Å²) in [5.41, 5.74) is -0.350. The first-order valence-electron chi connectivity index (χ1n) is 7.19. The molecule has 1 atom stereocenters. The lowest BCUT2D eigenvalue weighted by atomic mass is 9.84. The lowest BCUT2D eigenvalue weighted by Gasteiger charge is -2.28. The fourth-order valence-electron chi connectivity index (χ4n) is 1.92. The average molecular weight is 244 g/mol. The van der Waals surface area contributed by atoms with Crippen LogP contribution in [0.15, 0.2) is 0 Å². The minimum Gasteiger partial charge on any atom is -0.396 e. The fourth-order valence-corrected chi connectivity index (χ4v) is 1.92. The highest BCUT2D eigenvalue weighted by atomic mass is 16.3. The summed E-state index contributed by atoms with van der Waals surface area (Å²) in [6.07, 6.45) is 7.99. The second-order valence-electron chi connectivity index (χ2n) is 6.40. The summed E-state index contributed by atoms with van der Waals surface area (Å²) in [7, 11) is 0. The van der Waals surface area contributed by atoms with Crippen molar-refractivity contribution in [1.29, 1.82) is 0 Å². The average Bonchev–Trinajstić information content (AvgIpc) is 2.27. The van der Waals surface area contributed by atoms with E-state index in [2.05, 4.69) is 13.8 Å². The molecule has 0 amide bonds. The molecule has 0 aromatic heterocycles. The molecular formula is C15H32O2. The summed E-state index contributed by atoms with van der Waals surface area (Å²) >= 11 is 0. The molecule has 0 rings (SSSR count). The van der Waals surface area contributed by atoms with Gasteiger partial charge in [0.05, 0.1) is 12.7 Å². The third-order valence-electron chi connectivity index (χ3n) is 3.57. The van der Waals surface area contributed by atoms with Crippen molar-refractivity contribution in [3.05, 3.63) is 0 Å². The molecule has 0 aromatic rings. The summed E-state index contributed by atoms with van der Waals surface area (Å²) in [4.78, 5) is 0. The van der Waals surface area contributed by atoms with Gasteiger partial charge in [-0.3, -0.25) is 0 Å². The van der Waals surface area contributed by atoms with Gasteiger partial charge >= 0.3 is 0 Å². The van der Waals surface area contributed by atoms with E-state index in [-0.39, 0.29) is 18.1 Å². The summed E-state index contributed by atoms with van der Waals surface area (Å²) < 4.78 is 0. The molecule has 17 heavy (non-hydrogen) atoms. The largest absolute Gasteiger partial charge is 0.396 e. The number of hydrogen-bond donors (Lipinski definition) is 2. The molecule has 0 fully saturated rings. The molecule has 0 bridgehead atoms. The van der Waals surface area contributed by atoms with Gasteiger partial charge < -0.3 is 10.2 Å². The Labute approximate surface area is 107 Å². The van der Waals surface area contributed by atoms with Crippen molar-refractivity contribution < 1.29 is 10.2 Å². The Hall–Kier alpha value is -0.0800. The number of aliphatic hydroxyl groups is 2. The standard InChI is InChI=1S/C15H32O2/c1-13(2)10-8-6-5-7-9-11-14(17)15(3,4)12-16/h13-14,16-17H,5-12H2,1-4H3. The molecule has 0 saturated heterocycles. The van der Waals surface area contributed by atoms with Gasteiger partial charge in [0, 0.05) is 5.41 Å². The van der Waals surface area contributed by atoms with Gasteiger partial charge in [-0.1, -0.05) is 66.2 Å². The summed E-state index contributed by atoms with van der Waals surface area (Å²) in [5, 5.41) is 19.0. The van der Waals surface area contributed by atoms with Crippen LogP contribution in [0.5, 0.6) is 0 Å². The van der Waals surface area contributed by atoms with Crippen LogP contribution in [0.25, 0.3) is 0 Å². The maximum Gasteiger partial charge on any atom is 0.0613 e. The Morgan fingerprint density at radius 2 is 1.35 bits per heavy atom. The van der Waals surface area contributed by atoms with Crippen molar-refractivity contribution in [2.45, 2.75) is 78.7 Å². The monoisotopic (exact) mass is 244 g/mol. The molecule has 2 N–H and O–H groups in total. The molecular weight excluding hydrogens is 212 g/mol. The molecule has 104 valence electrons. The third kappa shape index (κ3) is 8.62. The van der Waals surface area contributed by atoms with Crippen molar-refractivity contribution >= 4 is 0 Å². The van der Waals surface area contributed by atoms with Crippen LogP contribution in [0, 0.1) is 11.3 Å². The van der Waals surface area contributed by atoms with Gasteiger partial charge in [0.2, 0.25) is 0 Å². The second kappa shape index (κ2) is 8.93. The topological polar surface area (TPSA) is 40.5 Å². The predicted octanol–water partition coefficient (Wildman–Crippen LogP) is 3.75. The van der Waals surface area contributed by atoms with Crippen molar-refractivity contribution in [2.75, 3.05) is 6.61 Å². The summed E-state index contributed by atoms with van der Waals surface area (Å²) in [6.45, 7) is 8.43. The second-order valence-corrected chi connectivity index (χ2v) is 6.40. The minimum atomic E-state index is -0.372. The van der Waals surface area contributed by atoms with Gasteiger partial charge in [0.25, 0.3) is 0 Å². The number of unbranched alkanes of at least 4 members (excludes halogenated alkanes) is 4. The molecule has 0 aromatic carbocycles. The van der Waals surface area contributed by atoms with E-state index in [4.69, 9.17) is 5.11 Å². The zero-order chi connectivity index (χ0) is 13.3. The molecule has 2 heteroatoms. The Morgan fingerprint density at radius 1 is 0.882 bits per heavy atom. The Bertz CT molecular complexity index is 176. The van der Waals surface area contributed by atoms with Gasteiger partial charge in [0.1, 0.15) is 0 Å². The highest BCUT2D eigenvalue weighted by molar-refractivity contribution is 4.76. The van der Waals surface area contributed by atoms with Crippen LogP contribution < -0.4 is 0 Å². The van der Waals surface area contributed by atoms with Crippen molar-refractivity contribution in [1.82, 2.24) is 0 Å². The van der Waals surface area contributed by atoms with Crippen molar-refractivity contribution in [3.8, 4) is 0 Å². The lowest BCUT2D eigenvalue weighted by molar-refractivity contribution is 0.00142. The van der Waals surface area contributed by atoms with Gasteiger partial charge in [-0.2, -0.15) is 0 Å². The maximum absolute atomic E-state index is 9.89. The van der Waals surface area contributed by atoms with Crippen LogP contribution in [-0.4, -0.2) is 22.9 Å². The Morgan fingerprint density at radius 3 is 1.82 bits per heavy atom. The van der Waals surface area contributed by atoms with Gasteiger partial charge in [-0.05, 0) is 12.3 Å². The van der Waals surface area contributed by atoms with E-state index in [0.717, 1.165) is 18.8 Å². The summed E-state index contributed by atoms with van der Waals surface area (Å²) in [5.74, 6) is 0.821. The molecule has 0 saturated carbocycles. The lowest BCUT2D eigenvalue weighted by Crippen LogP contribution is -2.32. The van der Waals surface area contributed by atoms with E-state index >= 15 is 0 Å². The zero-order valence-electron chi connectivity index (χ0n) is 12.2. The van der Waals surface area contributed by atoms with Crippen molar-refractivity contribution in [2.24, 2.45) is 11.3 Å². The van der Waals surface area contributed by atoms with E-state index in [1.165, 1.54) is 32.1 Å². The number of rotatable bonds is 10. The van der Waals surface area contributed by atoms with Crippen LogP contribution in [0.3, 0.4) is 0 Å². The quantitative estimate of drug-likeness (QED) is 0.575. The maximum atomic E-state index is 9.89. The first-order valence-corrected chi connectivity index (χ1v) is 7.19. The van der Waals surface area contributed by atoms with Crippen LogP contribution >= 0.6 is 0 Å². The van der Waals surface area contributed by atoms with Crippen LogP contribution in [0.4, 0.5) is 0 Å². The van der Waals surface area contributed by atoms with Gasteiger partial charge in [-0.25, -0.2) is 0 Å². The van der Waals surface area contributed by atoms with E-state index in [1.807, 2.05) is 13.8 Å². The van der Waals surface area contributed by atoms with Crippen LogP contribution in [0.2, 0.25) is 0 Å². The van der Waals surface area contributed by atoms with E-state index in [0.29, 0.717) is 0 Å². The Balaban J connectivity index is 3.40. The molecule has 0 radical (unpaired) electrons. The minimum absolute atomic E-state index is 0.0581. The predicted molar refractivity (Wildman–Crippen MR) is 74.0 cm³/mol. The molecule has 0 aliphatic rings. The molecule has 0 spiro atoms. The summed E-state index contributed by atoms with van der Waals surface area (Å²) in [6, 6.07) is 0. The molecule has 0 aliphatic carbocycles. The number of hydrogen-bond acceptors (Lipinski definition) is 2. The molecule has 0 aliphatic heterocycles. The highest BCUT2D eigenvalue weighted by Crippen LogP contribution is 2.24. The molecule has 1 unspecified atom stereocenters. The first kappa shape index (κ1) is 16.9. The van der Waals surface area contributed by atoms with Gasteiger partial charge in [0.15, 0.2) is 0 Å².